The lowest BCUT2D eigenvalue weighted by atomic mass is 10.1. The van der Waals surface area contributed by atoms with Gasteiger partial charge in [-0.3, -0.25) is 0 Å². The van der Waals surface area contributed by atoms with Gasteiger partial charge in [-0.2, -0.15) is 0 Å². The monoisotopic (exact) mass is 264 g/mol. The second-order valence-corrected chi connectivity index (χ2v) is 6.72. The van der Waals surface area contributed by atoms with Gasteiger partial charge in [0.1, 0.15) is 0 Å². The van der Waals surface area contributed by atoms with Gasteiger partial charge in [-0.1, -0.05) is 6.92 Å². The summed E-state index contributed by atoms with van der Waals surface area (Å²) in [6.45, 7) is 10.1. The van der Waals surface area contributed by atoms with Crippen molar-refractivity contribution in [1.82, 2.24) is 0 Å². The highest BCUT2D eigenvalue weighted by Gasteiger charge is 2.49. The van der Waals surface area contributed by atoms with E-state index in [0.717, 1.165) is 6.42 Å². The average Bonchev–Trinajstić information content (AvgIpc) is 2.29. The molecule has 0 saturated heterocycles. The molecule has 0 aromatic rings. The van der Waals surface area contributed by atoms with Crippen molar-refractivity contribution in [2.45, 2.75) is 39.8 Å². The minimum Gasteiger partial charge on any atom is -0.373 e. The van der Waals surface area contributed by atoms with Crippen LogP contribution in [0, 0.1) is 5.92 Å². The van der Waals surface area contributed by atoms with Crippen LogP contribution in [0.25, 0.3) is 0 Å². The quantitative estimate of drug-likeness (QED) is 0.573. The normalized spacial score (nSPS) is 15.9. The van der Waals surface area contributed by atoms with Crippen LogP contribution in [0.4, 0.5) is 0 Å². The molecule has 0 aromatic heterocycles. The molecule has 17 heavy (non-hydrogen) atoms. The summed E-state index contributed by atoms with van der Waals surface area (Å²) in [5.41, 5.74) is 11.6. The summed E-state index contributed by atoms with van der Waals surface area (Å²) in [7, 11) is -2.78. The second-order valence-electron chi connectivity index (χ2n) is 3.98. The molecule has 5 nitrogen and oxygen atoms in total. The lowest BCUT2D eigenvalue weighted by Gasteiger charge is -2.35. The van der Waals surface area contributed by atoms with Crippen LogP contribution in [-0.2, 0) is 13.3 Å². The summed E-state index contributed by atoms with van der Waals surface area (Å²) in [6.07, 6.45) is 0.850. The highest BCUT2D eigenvalue weighted by Crippen LogP contribution is 2.21. The van der Waals surface area contributed by atoms with Gasteiger partial charge in [0.2, 0.25) is 0 Å². The molecule has 0 aliphatic carbocycles. The lowest BCUT2D eigenvalue weighted by Crippen LogP contribution is -2.63. The fourth-order valence-electron chi connectivity index (χ4n) is 1.81. The van der Waals surface area contributed by atoms with Crippen LogP contribution < -0.4 is 11.5 Å². The van der Waals surface area contributed by atoms with Crippen LogP contribution in [0.5, 0.6) is 0 Å². The predicted octanol–water partition coefficient (Wildman–Crippen LogP) is 0.886. The zero-order chi connectivity index (χ0) is 13.3. The van der Waals surface area contributed by atoms with Crippen molar-refractivity contribution < 1.29 is 13.3 Å². The van der Waals surface area contributed by atoms with Crippen LogP contribution in [0.15, 0.2) is 0 Å². The molecule has 0 aliphatic heterocycles. The first-order valence-electron chi connectivity index (χ1n) is 6.45. The Kier molecular flexibility index (Phi) is 9.02. The van der Waals surface area contributed by atoms with Crippen LogP contribution >= 0.6 is 0 Å². The van der Waals surface area contributed by atoms with Crippen LogP contribution in [0.3, 0.4) is 0 Å². The maximum atomic E-state index is 6.27. The molecule has 6 heteroatoms. The molecule has 4 N–H and O–H groups in total. The van der Waals surface area contributed by atoms with Gasteiger partial charge >= 0.3 is 8.80 Å². The summed E-state index contributed by atoms with van der Waals surface area (Å²) >= 11 is 0. The molecule has 2 unspecified atom stereocenters. The van der Waals surface area contributed by atoms with Crippen molar-refractivity contribution in [3.63, 3.8) is 0 Å². The summed E-state index contributed by atoms with van der Waals surface area (Å²) in [4.78, 5) is 0. The third-order valence-electron chi connectivity index (χ3n) is 2.68. The Bertz CT molecular complexity index is 179. The molecular weight excluding hydrogens is 236 g/mol. The Morgan fingerprint density at radius 3 is 1.71 bits per heavy atom. The zero-order valence-electron chi connectivity index (χ0n) is 11.6. The number of hydrogen-bond donors (Lipinski definition) is 2. The highest BCUT2D eigenvalue weighted by molar-refractivity contribution is 6.62. The van der Waals surface area contributed by atoms with Crippen LogP contribution in [0.2, 0.25) is 0 Å². The summed E-state index contributed by atoms with van der Waals surface area (Å²) in [6, 6.07) is 0. The van der Waals surface area contributed by atoms with E-state index in [-0.39, 0.29) is 11.6 Å². The summed E-state index contributed by atoms with van der Waals surface area (Å²) in [5, 5.41) is 0. The molecule has 0 rings (SSSR count). The van der Waals surface area contributed by atoms with E-state index in [2.05, 4.69) is 6.92 Å². The van der Waals surface area contributed by atoms with Crippen molar-refractivity contribution in [3.05, 3.63) is 0 Å². The Morgan fingerprint density at radius 1 is 1.00 bits per heavy atom. The van der Waals surface area contributed by atoms with E-state index in [1.54, 1.807) is 0 Å². The fourth-order valence-corrected chi connectivity index (χ4v) is 4.71. The van der Waals surface area contributed by atoms with Crippen molar-refractivity contribution in [1.29, 1.82) is 0 Å². The minimum atomic E-state index is -2.78. The van der Waals surface area contributed by atoms with Gasteiger partial charge < -0.3 is 24.7 Å². The van der Waals surface area contributed by atoms with E-state index in [0.29, 0.717) is 26.4 Å². The maximum Gasteiger partial charge on any atom is 0.518 e. The first-order valence-corrected chi connectivity index (χ1v) is 8.25. The molecule has 0 bridgehead atoms. The highest BCUT2D eigenvalue weighted by atomic mass is 28.4. The first kappa shape index (κ1) is 17.0. The molecule has 0 heterocycles. The molecule has 0 radical (unpaired) electrons. The lowest BCUT2D eigenvalue weighted by molar-refractivity contribution is 0.0560. The minimum absolute atomic E-state index is 0.217. The summed E-state index contributed by atoms with van der Waals surface area (Å²) < 4.78 is 17.3. The SMILES string of the molecule is CCO[Si](OCC)(OCC)C(N)C(C)CCN. The van der Waals surface area contributed by atoms with Crippen molar-refractivity contribution >= 4 is 8.80 Å². The van der Waals surface area contributed by atoms with E-state index >= 15 is 0 Å². The Labute approximate surface area is 106 Å². The van der Waals surface area contributed by atoms with E-state index in [4.69, 9.17) is 24.7 Å². The van der Waals surface area contributed by atoms with Crippen molar-refractivity contribution in [3.8, 4) is 0 Å². The van der Waals surface area contributed by atoms with Gasteiger partial charge in [0.05, 0.1) is 5.67 Å². The smallest absolute Gasteiger partial charge is 0.373 e. The molecule has 104 valence electrons. The average molecular weight is 264 g/mol. The van der Waals surface area contributed by atoms with Crippen molar-refractivity contribution in [2.24, 2.45) is 17.4 Å². The second kappa shape index (κ2) is 9.01. The zero-order valence-corrected chi connectivity index (χ0v) is 12.6. The van der Waals surface area contributed by atoms with Gasteiger partial charge in [0.25, 0.3) is 0 Å². The Hall–Kier alpha value is 0.0169. The maximum absolute atomic E-state index is 6.27. The van der Waals surface area contributed by atoms with Crippen LogP contribution in [0.1, 0.15) is 34.1 Å². The van der Waals surface area contributed by atoms with E-state index in [9.17, 15) is 0 Å². The molecule has 0 amide bonds. The molecule has 0 aromatic carbocycles. The molecule has 0 fully saturated rings. The number of nitrogens with two attached hydrogens (primary N) is 2. The number of rotatable bonds is 10. The molecular formula is C11H28N2O3Si. The molecule has 0 aliphatic rings. The van der Waals surface area contributed by atoms with E-state index in [1.165, 1.54) is 0 Å². The Morgan fingerprint density at radius 2 is 1.41 bits per heavy atom. The predicted molar refractivity (Wildman–Crippen MR) is 71.4 cm³/mol. The van der Waals surface area contributed by atoms with Gasteiger partial charge in [0, 0.05) is 19.8 Å². The van der Waals surface area contributed by atoms with Gasteiger partial charge in [0.15, 0.2) is 0 Å². The number of hydrogen-bond acceptors (Lipinski definition) is 5. The van der Waals surface area contributed by atoms with Gasteiger partial charge in [-0.05, 0) is 39.7 Å². The van der Waals surface area contributed by atoms with Crippen molar-refractivity contribution in [2.75, 3.05) is 26.4 Å². The molecule has 2 atom stereocenters. The Balaban J connectivity index is 4.82. The first-order chi connectivity index (χ1) is 8.07. The third-order valence-corrected chi connectivity index (χ3v) is 6.14. The fraction of sp³-hybridized carbons (Fsp3) is 1.00. The molecule has 0 spiro atoms. The topological polar surface area (TPSA) is 79.7 Å². The molecule has 0 saturated carbocycles. The van der Waals surface area contributed by atoms with Gasteiger partial charge in [-0.15, -0.1) is 0 Å². The van der Waals surface area contributed by atoms with E-state index < -0.39 is 8.80 Å². The third kappa shape index (κ3) is 5.03. The van der Waals surface area contributed by atoms with Crippen LogP contribution in [-0.4, -0.2) is 40.8 Å². The largest absolute Gasteiger partial charge is 0.518 e. The summed E-state index contributed by atoms with van der Waals surface area (Å²) in [5.74, 6) is 0.233. The van der Waals surface area contributed by atoms with E-state index in [1.807, 2.05) is 20.8 Å². The standard InChI is InChI=1S/C11H28N2O3Si/c1-5-14-17(15-6-2,16-7-3)11(13)10(4)8-9-12/h10-11H,5-9,12-13H2,1-4H3. The van der Waals surface area contributed by atoms with Gasteiger partial charge in [-0.25, -0.2) is 0 Å².